The first kappa shape index (κ1) is 10.6. The van der Waals surface area contributed by atoms with Crippen molar-refractivity contribution in [1.82, 2.24) is 9.78 Å². The van der Waals surface area contributed by atoms with Crippen molar-refractivity contribution in [2.24, 2.45) is 5.92 Å². The number of ether oxygens (including phenoxy) is 1. The Bertz CT molecular complexity index is 322. The molecule has 15 heavy (non-hydrogen) atoms. The Kier molecular flexibility index (Phi) is 3.07. The van der Waals surface area contributed by atoms with Gasteiger partial charge in [-0.2, -0.15) is 5.10 Å². The molecule has 0 amide bonds. The Morgan fingerprint density at radius 1 is 1.67 bits per heavy atom. The Morgan fingerprint density at radius 2 is 2.47 bits per heavy atom. The van der Waals surface area contributed by atoms with Crippen LogP contribution in [0.4, 0.5) is 0 Å². The van der Waals surface area contributed by atoms with E-state index in [2.05, 4.69) is 18.9 Å². The van der Waals surface area contributed by atoms with Crippen LogP contribution in [0.1, 0.15) is 38.0 Å². The third kappa shape index (κ3) is 2.06. The highest BCUT2D eigenvalue weighted by molar-refractivity contribution is 5.11. The molecule has 2 heterocycles. The third-order valence-corrected chi connectivity index (χ3v) is 2.93. The van der Waals surface area contributed by atoms with Gasteiger partial charge in [0.15, 0.2) is 0 Å². The summed E-state index contributed by atoms with van der Waals surface area (Å²) in [7, 11) is 0. The maximum absolute atomic E-state index is 9.21. The van der Waals surface area contributed by atoms with Crippen LogP contribution in [0.2, 0.25) is 0 Å². The predicted octanol–water partition coefficient (Wildman–Crippen LogP) is 1.53. The predicted molar refractivity (Wildman–Crippen MR) is 56.5 cm³/mol. The van der Waals surface area contributed by atoms with Crippen molar-refractivity contribution in [3.63, 3.8) is 0 Å². The highest BCUT2D eigenvalue weighted by atomic mass is 16.5. The van der Waals surface area contributed by atoms with Crippen LogP contribution >= 0.6 is 0 Å². The van der Waals surface area contributed by atoms with Crippen LogP contribution < -0.4 is 0 Å². The van der Waals surface area contributed by atoms with Crippen molar-refractivity contribution in [3.8, 4) is 0 Å². The molecule has 4 heteroatoms. The molecule has 2 rings (SSSR count). The van der Waals surface area contributed by atoms with Crippen LogP contribution in [0.15, 0.2) is 12.4 Å². The molecule has 1 saturated heterocycles. The highest BCUT2D eigenvalue weighted by Crippen LogP contribution is 2.33. The van der Waals surface area contributed by atoms with Crippen molar-refractivity contribution >= 4 is 0 Å². The molecule has 1 fully saturated rings. The minimum atomic E-state index is 0.0301. The summed E-state index contributed by atoms with van der Waals surface area (Å²) < 4.78 is 7.54. The van der Waals surface area contributed by atoms with Gasteiger partial charge < -0.3 is 9.84 Å². The zero-order chi connectivity index (χ0) is 10.8. The largest absolute Gasteiger partial charge is 0.396 e. The molecule has 0 aromatic carbocycles. The van der Waals surface area contributed by atoms with Crippen LogP contribution in [-0.2, 0) is 4.74 Å². The van der Waals surface area contributed by atoms with Crippen LogP contribution in [0.3, 0.4) is 0 Å². The van der Waals surface area contributed by atoms with E-state index >= 15 is 0 Å². The molecule has 2 atom stereocenters. The molecule has 0 aliphatic carbocycles. The average Bonchev–Trinajstić information content (AvgIpc) is 2.85. The van der Waals surface area contributed by atoms with Crippen molar-refractivity contribution < 1.29 is 9.84 Å². The number of aliphatic hydroxyl groups excluding tert-OH is 1. The molecule has 1 aliphatic rings. The number of rotatable bonds is 3. The van der Waals surface area contributed by atoms with E-state index in [4.69, 9.17) is 4.74 Å². The number of aliphatic hydroxyl groups is 1. The molecule has 1 aromatic rings. The summed E-state index contributed by atoms with van der Waals surface area (Å²) in [5, 5.41) is 13.5. The smallest absolute Gasteiger partial charge is 0.0906 e. The minimum absolute atomic E-state index is 0.0301. The third-order valence-electron chi connectivity index (χ3n) is 2.93. The number of nitrogens with zero attached hydrogens (tertiary/aromatic N) is 2. The topological polar surface area (TPSA) is 47.3 Å². The van der Waals surface area contributed by atoms with E-state index in [1.54, 1.807) is 0 Å². The molecule has 84 valence electrons. The monoisotopic (exact) mass is 210 g/mol. The van der Waals surface area contributed by atoms with Crippen LogP contribution in [0.5, 0.6) is 0 Å². The van der Waals surface area contributed by atoms with Gasteiger partial charge >= 0.3 is 0 Å². The summed E-state index contributed by atoms with van der Waals surface area (Å²) in [6.07, 6.45) is 4.83. The molecule has 1 aliphatic heterocycles. The molecule has 0 bridgehead atoms. The lowest BCUT2D eigenvalue weighted by molar-refractivity contribution is 0.0720. The summed E-state index contributed by atoms with van der Waals surface area (Å²) >= 11 is 0. The summed E-state index contributed by atoms with van der Waals surface area (Å²) in [5.74, 6) is 0.231. The Hall–Kier alpha value is -0.870. The SMILES string of the molecule is CC(C)n1cc(C2OCCC2CO)cn1. The fraction of sp³-hybridized carbons (Fsp3) is 0.727. The molecule has 1 aromatic heterocycles. The van der Waals surface area contributed by atoms with Gasteiger partial charge in [-0.05, 0) is 20.3 Å². The van der Waals surface area contributed by atoms with Gasteiger partial charge in [-0.15, -0.1) is 0 Å². The average molecular weight is 210 g/mol. The molecule has 0 radical (unpaired) electrons. The molecular formula is C11H18N2O2. The Balaban J connectivity index is 2.14. The second-order valence-corrected chi connectivity index (χ2v) is 4.37. The molecule has 2 unspecified atom stereocenters. The second-order valence-electron chi connectivity index (χ2n) is 4.37. The zero-order valence-electron chi connectivity index (χ0n) is 9.26. The normalized spacial score (nSPS) is 26.4. The van der Waals surface area contributed by atoms with E-state index in [1.165, 1.54) is 0 Å². The van der Waals surface area contributed by atoms with Gasteiger partial charge in [-0.1, -0.05) is 0 Å². The van der Waals surface area contributed by atoms with E-state index in [0.717, 1.165) is 18.6 Å². The van der Waals surface area contributed by atoms with Crippen molar-refractivity contribution in [2.45, 2.75) is 32.4 Å². The maximum Gasteiger partial charge on any atom is 0.0906 e. The van der Waals surface area contributed by atoms with Gasteiger partial charge in [-0.3, -0.25) is 4.68 Å². The molecule has 4 nitrogen and oxygen atoms in total. The molecule has 0 spiro atoms. The fourth-order valence-electron chi connectivity index (χ4n) is 1.97. The van der Waals surface area contributed by atoms with Gasteiger partial charge in [0.1, 0.15) is 0 Å². The summed E-state index contributed by atoms with van der Waals surface area (Å²) in [6.45, 7) is 5.12. The molecule has 1 N–H and O–H groups in total. The Labute approximate surface area is 89.9 Å². The lowest BCUT2D eigenvalue weighted by Gasteiger charge is -2.14. The van der Waals surface area contributed by atoms with Gasteiger partial charge in [0.05, 0.1) is 12.3 Å². The van der Waals surface area contributed by atoms with E-state index in [-0.39, 0.29) is 18.6 Å². The van der Waals surface area contributed by atoms with Gasteiger partial charge in [-0.25, -0.2) is 0 Å². The number of hydrogen-bond acceptors (Lipinski definition) is 3. The fourth-order valence-corrected chi connectivity index (χ4v) is 1.97. The van der Waals surface area contributed by atoms with Crippen LogP contribution in [0.25, 0.3) is 0 Å². The number of aromatic nitrogens is 2. The van der Waals surface area contributed by atoms with Crippen molar-refractivity contribution in [3.05, 3.63) is 18.0 Å². The van der Waals surface area contributed by atoms with Gasteiger partial charge in [0.25, 0.3) is 0 Å². The maximum atomic E-state index is 9.21. The zero-order valence-corrected chi connectivity index (χ0v) is 9.26. The highest BCUT2D eigenvalue weighted by Gasteiger charge is 2.30. The quantitative estimate of drug-likeness (QED) is 0.823. The van der Waals surface area contributed by atoms with Crippen molar-refractivity contribution in [2.75, 3.05) is 13.2 Å². The van der Waals surface area contributed by atoms with Crippen LogP contribution in [-0.4, -0.2) is 28.1 Å². The van der Waals surface area contributed by atoms with E-state index in [1.807, 2.05) is 17.1 Å². The van der Waals surface area contributed by atoms with E-state index in [9.17, 15) is 5.11 Å². The van der Waals surface area contributed by atoms with E-state index in [0.29, 0.717) is 6.04 Å². The first-order chi connectivity index (χ1) is 7.22. The molecular weight excluding hydrogens is 192 g/mol. The standard InChI is InChI=1S/C11H18N2O2/c1-8(2)13-6-10(5-12-13)11-9(7-14)3-4-15-11/h5-6,8-9,11,14H,3-4,7H2,1-2H3. The lowest BCUT2D eigenvalue weighted by atomic mass is 9.99. The minimum Gasteiger partial charge on any atom is -0.396 e. The van der Waals surface area contributed by atoms with Gasteiger partial charge in [0.2, 0.25) is 0 Å². The summed E-state index contributed by atoms with van der Waals surface area (Å²) in [4.78, 5) is 0. The summed E-state index contributed by atoms with van der Waals surface area (Å²) in [5.41, 5.74) is 1.08. The first-order valence-corrected chi connectivity index (χ1v) is 5.49. The van der Waals surface area contributed by atoms with E-state index < -0.39 is 0 Å². The first-order valence-electron chi connectivity index (χ1n) is 5.49. The number of hydrogen-bond donors (Lipinski definition) is 1. The lowest BCUT2D eigenvalue weighted by Crippen LogP contribution is -2.11. The van der Waals surface area contributed by atoms with Crippen LogP contribution in [0, 0.1) is 5.92 Å². The van der Waals surface area contributed by atoms with Gasteiger partial charge in [0, 0.05) is 36.9 Å². The summed E-state index contributed by atoms with van der Waals surface area (Å²) in [6, 6.07) is 0.368. The molecule has 0 saturated carbocycles. The Morgan fingerprint density at radius 3 is 3.07 bits per heavy atom. The van der Waals surface area contributed by atoms with Crippen molar-refractivity contribution in [1.29, 1.82) is 0 Å². The second kappa shape index (κ2) is 4.33.